The summed E-state index contributed by atoms with van der Waals surface area (Å²) in [5.41, 5.74) is 0.615. The maximum atomic E-state index is 12.5. The Balaban J connectivity index is 1.48. The van der Waals surface area contributed by atoms with E-state index in [0.29, 0.717) is 30.7 Å². The molecule has 1 aromatic carbocycles. The molecule has 2 aliphatic rings. The fraction of sp³-hybridized carbons (Fsp3) is 0.619. The van der Waals surface area contributed by atoms with Crippen LogP contribution in [0.2, 0.25) is 0 Å². The largest absolute Gasteiger partial charge is 0.497 e. The van der Waals surface area contributed by atoms with Gasteiger partial charge in [-0.25, -0.2) is 4.79 Å². The number of rotatable bonds is 6. The topological polar surface area (TPSA) is 100 Å². The minimum absolute atomic E-state index is 0.119. The van der Waals surface area contributed by atoms with E-state index in [1.807, 2.05) is 4.90 Å². The summed E-state index contributed by atoms with van der Waals surface area (Å²) in [7, 11) is 1.57. The Labute approximate surface area is 171 Å². The molecule has 8 nitrogen and oxygen atoms in total. The Bertz CT molecular complexity index is 693. The summed E-state index contributed by atoms with van der Waals surface area (Å²) in [5, 5.41) is 15.4. The smallest absolute Gasteiger partial charge is 0.319 e. The molecule has 1 aromatic rings. The lowest BCUT2D eigenvalue weighted by atomic mass is 9.96. The summed E-state index contributed by atoms with van der Waals surface area (Å²) < 4.78 is 11.1. The first-order valence-electron chi connectivity index (χ1n) is 10.3. The SMILES string of the molecule is COc1cccc(NC(=O)N[C@@H]2CC[C@@H](CC(=O)N3CCCCC3)O[C@@H]2CO)c1. The van der Waals surface area contributed by atoms with Crippen LogP contribution >= 0.6 is 0 Å². The van der Waals surface area contributed by atoms with Crippen LogP contribution in [-0.2, 0) is 9.53 Å². The average molecular weight is 405 g/mol. The van der Waals surface area contributed by atoms with Crippen LogP contribution in [-0.4, -0.2) is 67.0 Å². The molecule has 0 aromatic heterocycles. The molecule has 2 heterocycles. The number of anilines is 1. The molecule has 0 bridgehead atoms. The molecule has 160 valence electrons. The van der Waals surface area contributed by atoms with Crippen molar-refractivity contribution >= 4 is 17.6 Å². The standard InChI is InChI=1S/C21H31N3O5/c1-28-16-7-5-6-15(12-16)22-21(27)23-18-9-8-17(29-19(18)14-25)13-20(26)24-10-3-2-4-11-24/h5-7,12,17-19,25H,2-4,8-11,13-14H2,1H3,(H2,22,23,27)/t17-,18+,19+/m0/s1. The van der Waals surface area contributed by atoms with Crippen molar-refractivity contribution in [2.45, 2.75) is 56.8 Å². The maximum absolute atomic E-state index is 12.5. The van der Waals surface area contributed by atoms with Crippen molar-refractivity contribution in [3.05, 3.63) is 24.3 Å². The summed E-state index contributed by atoms with van der Waals surface area (Å²) in [6.45, 7) is 1.44. The zero-order chi connectivity index (χ0) is 20.6. The molecule has 2 aliphatic heterocycles. The van der Waals surface area contributed by atoms with Crippen molar-refractivity contribution in [3.63, 3.8) is 0 Å². The van der Waals surface area contributed by atoms with Crippen LogP contribution in [0.25, 0.3) is 0 Å². The highest BCUT2D eigenvalue weighted by Gasteiger charge is 2.33. The van der Waals surface area contributed by atoms with Gasteiger partial charge in [-0.1, -0.05) is 6.07 Å². The van der Waals surface area contributed by atoms with E-state index in [-0.39, 0.29) is 30.7 Å². The Kier molecular flexibility index (Phi) is 7.71. The molecule has 3 N–H and O–H groups in total. The second kappa shape index (κ2) is 10.5. The number of hydrogen-bond acceptors (Lipinski definition) is 5. The maximum Gasteiger partial charge on any atom is 0.319 e. The predicted octanol–water partition coefficient (Wildman–Crippen LogP) is 2.13. The van der Waals surface area contributed by atoms with Crippen molar-refractivity contribution in [1.29, 1.82) is 0 Å². The third-order valence-corrected chi connectivity index (χ3v) is 5.55. The third kappa shape index (κ3) is 6.08. The molecule has 0 radical (unpaired) electrons. The van der Waals surface area contributed by atoms with Crippen molar-refractivity contribution in [2.24, 2.45) is 0 Å². The normalized spacial score (nSPS) is 24.6. The monoisotopic (exact) mass is 405 g/mol. The molecule has 8 heteroatoms. The number of aliphatic hydroxyl groups is 1. The van der Waals surface area contributed by atoms with Crippen LogP contribution < -0.4 is 15.4 Å². The number of hydrogen-bond donors (Lipinski definition) is 3. The summed E-state index contributed by atoms with van der Waals surface area (Å²) in [5.74, 6) is 0.770. The van der Waals surface area contributed by atoms with Gasteiger partial charge in [0, 0.05) is 24.8 Å². The number of likely N-dealkylation sites (tertiary alicyclic amines) is 1. The van der Waals surface area contributed by atoms with Crippen molar-refractivity contribution in [3.8, 4) is 5.75 Å². The Morgan fingerprint density at radius 3 is 2.76 bits per heavy atom. The second-order valence-electron chi connectivity index (χ2n) is 7.64. The zero-order valence-electron chi connectivity index (χ0n) is 16.9. The zero-order valence-corrected chi connectivity index (χ0v) is 16.9. The lowest BCUT2D eigenvalue weighted by molar-refractivity contribution is -0.141. The van der Waals surface area contributed by atoms with Crippen LogP contribution in [0.4, 0.5) is 10.5 Å². The van der Waals surface area contributed by atoms with Gasteiger partial charge >= 0.3 is 6.03 Å². The number of benzene rings is 1. The first-order chi connectivity index (χ1) is 14.1. The van der Waals surface area contributed by atoms with Crippen LogP contribution in [0.3, 0.4) is 0 Å². The number of urea groups is 1. The van der Waals surface area contributed by atoms with Gasteiger partial charge in [-0.2, -0.15) is 0 Å². The summed E-state index contributed by atoms with van der Waals surface area (Å²) in [6, 6.07) is 6.40. The van der Waals surface area contributed by atoms with Crippen LogP contribution in [0.15, 0.2) is 24.3 Å². The fourth-order valence-corrected chi connectivity index (χ4v) is 3.95. The number of amides is 3. The lowest BCUT2D eigenvalue weighted by Gasteiger charge is -2.37. The molecule has 2 saturated heterocycles. The Morgan fingerprint density at radius 2 is 2.03 bits per heavy atom. The van der Waals surface area contributed by atoms with E-state index in [4.69, 9.17) is 9.47 Å². The molecule has 0 aliphatic carbocycles. The molecule has 2 fully saturated rings. The number of ether oxygens (including phenoxy) is 2. The van der Waals surface area contributed by atoms with E-state index >= 15 is 0 Å². The van der Waals surface area contributed by atoms with Gasteiger partial charge in [0.25, 0.3) is 0 Å². The van der Waals surface area contributed by atoms with E-state index in [2.05, 4.69) is 10.6 Å². The highest BCUT2D eigenvalue weighted by atomic mass is 16.5. The fourth-order valence-electron chi connectivity index (χ4n) is 3.95. The van der Waals surface area contributed by atoms with Crippen LogP contribution in [0.1, 0.15) is 38.5 Å². The van der Waals surface area contributed by atoms with Gasteiger partial charge in [0.2, 0.25) is 5.91 Å². The minimum Gasteiger partial charge on any atom is -0.497 e. The quantitative estimate of drug-likeness (QED) is 0.673. The van der Waals surface area contributed by atoms with Crippen LogP contribution in [0.5, 0.6) is 5.75 Å². The number of aliphatic hydroxyl groups excluding tert-OH is 1. The molecule has 3 rings (SSSR count). The lowest BCUT2D eigenvalue weighted by Crippen LogP contribution is -2.52. The highest BCUT2D eigenvalue weighted by molar-refractivity contribution is 5.89. The van der Waals surface area contributed by atoms with E-state index in [0.717, 1.165) is 25.9 Å². The summed E-state index contributed by atoms with van der Waals surface area (Å²) >= 11 is 0. The second-order valence-corrected chi connectivity index (χ2v) is 7.64. The molecule has 0 unspecified atom stereocenters. The molecular weight excluding hydrogens is 374 g/mol. The number of nitrogens with one attached hydrogen (secondary N) is 2. The van der Waals surface area contributed by atoms with E-state index in [1.165, 1.54) is 6.42 Å². The van der Waals surface area contributed by atoms with E-state index in [1.54, 1.807) is 31.4 Å². The Hall–Kier alpha value is -2.32. The molecule has 29 heavy (non-hydrogen) atoms. The molecule has 0 spiro atoms. The molecule has 3 atom stereocenters. The number of nitrogens with zero attached hydrogens (tertiary/aromatic N) is 1. The molecular formula is C21H31N3O5. The first-order valence-corrected chi connectivity index (χ1v) is 10.3. The van der Waals surface area contributed by atoms with Crippen LogP contribution in [0, 0.1) is 0 Å². The van der Waals surface area contributed by atoms with Crippen molar-refractivity contribution < 1.29 is 24.2 Å². The third-order valence-electron chi connectivity index (χ3n) is 5.55. The van der Waals surface area contributed by atoms with Gasteiger partial charge in [-0.05, 0) is 44.2 Å². The van der Waals surface area contributed by atoms with Gasteiger partial charge in [0.1, 0.15) is 11.9 Å². The van der Waals surface area contributed by atoms with Gasteiger partial charge in [0.05, 0.1) is 32.3 Å². The van der Waals surface area contributed by atoms with E-state index in [9.17, 15) is 14.7 Å². The summed E-state index contributed by atoms with van der Waals surface area (Å²) in [6.07, 6.45) is 4.20. The number of carbonyl (C=O) groups is 2. The van der Waals surface area contributed by atoms with Crippen molar-refractivity contribution in [2.75, 3.05) is 32.1 Å². The molecule has 3 amide bonds. The molecule has 0 saturated carbocycles. The predicted molar refractivity (Wildman–Crippen MR) is 109 cm³/mol. The van der Waals surface area contributed by atoms with Crippen molar-refractivity contribution in [1.82, 2.24) is 10.2 Å². The number of carbonyl (C=O) groups excluding carboxylic acids is 2. The average Bonchev–Trinajstić information content (AvgIpc) is 2.75. The van der Waals surface area contributed by atoms with Gasteiger partial charge < -0.3 is 30.1 Å². The van der Waals surface area contributed by atoms with Gasteiger partial charge in [0.15, 0.2) is 0 Å². The highest BCUT2D eigenvalue weighted by Crippen LogP contribution is 2.24. The van der Waals surface area contributed by atoms with Gasteiger partial charge in [-0.3, -0.25) is 4.79 Å². The summed E-state index contributed by atoms with van der Waals surface area (Å²) in [4.78, 5) is 26.7. The van der Waals surface area contributed by atoms with E-state index < -0.39 is 6.10 Å². The Morgan fingerprint density at radius 1 is 1.24 bits per heavy atom. The van der Waals surface area contributed by atoms with Gasteiger partial charge in [-0.15, -0.1) is 0 Å². The first kappa shape index (κ1) is 21.4. The number of piperidine rings is 1. The minimum atomic E-state index is -0.529. The number of methoxy groups -OCH3 is 1.